The van der Waals surface area contributed by atoms with Gasteiger partial charge in [-0.05, 0) is 54.5 Å². The molecule has 0 aliphatic carbocycles. The molecule has 7 heteroatoms. The number of amides is 2. The summed E-state index contributed by atoms with van der Waals surface area (Å²) in [4.78, 5) is 30.1. The minimum absolute atomic E-state index is 0.0115. The van der Waals surface area contributed by atoms with Crippen molar-refractivity contribution < 1.29 is 23.1 Å². The van der Waals surface area contributed by atoms with Crippen molar-refractivity contribution in [1.29, 1.82) is 0 Å². The number of anilines is 1. The van der Waals surface area contributed by atoms with E-state index in [1.165, 1.54) is 6.07 Å². The topological polar surface area (TPSA) is 49.9 Å². The summed E-state index contributed by atoms with van der Waals surface area (Å²) in [5.74, 6) is -1.83. The zero-order valence-corrected chi connectivity index (χ0v) is 19.1. The van der Waals surface area contributed by atoms with Crippen molar-refractivity contribution in [2.24, 2.45) is 11.8 Å². The first kappa shape index (κ1) is 23.0. The minimum Gasteiger partial charge on any atom is -0.494 e. The summed E-state index contributed by atoms with van der Waals surface area (Å²) in [7, 11) is 0. The number of piperidine rings is 1. The smallest absolute Gasteiger partial charge is 0.282 e. The second-order valence-corrected chi connectivity index (χ2v) is 8.99. The standard InChI is InChI=1S/C26H28F2N2O3/c1-4-11-33-20-8-5-18(6-9-20)23-24(29-14-16(2)12-17(3)15-29)26(32)30(25(23)31)19-7-10-21(27)22(28)13-19/h5-10,13,16-17H,4,11-12,14-15H2,1-3H3. The molecule has 5 nitrogen and oxygen atoms in total. The van der Waals surface area contributed by atoms with E-state index in [9.17, 15) is 18.4 Å². The van der Waals surface area contributed by atoms with Crippen LogP contribution in [0.15, 0.2) is 48.2 Å². The van der Waals surface area contributed by atoms with Crippen molar-refractivity contribution in [3.8, 4) is 5.75 Å². The fourth-order valence-electron chi connectivity index (χ4n) is 4.71. The van der Waals surface area contributed by atoms with Gasteiger partial charge in [0.25, 0.3) is 11.8 Å². The minimum atomic E-state index is -1.11. The van der Waals surface area contributed by atoms with E-state index in [1.807, 2.05) is 11.8 Å². The molecule has 2 atom stereocenters. The van der Waals surface area contributed by atoms with Gasteiger partial charge in [-0.3, -0.25) is 9.59 Å². The summed E-state index contributed by atoms with van der Waals surface area (Å²) in [5.41, 5.74) is 1.18. The number of hydrogen-bond donors (Lipinski definition) is 0. The molecule has 0 saturated carbocycles. The van der Waals surface area contributed by atoms with E-state index in [0.717, 1.165) is 29.9 Å². The van der Waals surface area contributed by atoms with Crippen molar-refractivity contribution in [3.63, 3.8) is 0 Å². The Bertz CT molecular complexity index is 1090. The maximum Gasteiger partial charge on any atom is 0.282 e. The van der Waals surface area contributed by atoms with Crippen LogP contribution >= 0.6 is 0 Å². The monoisotopic (exact) mass is 454 g/mol. The van der Waals surface area contributed by atoms with E-state index in [2.05, 4.69) is 13.8 Å². The molecule has 2 amide bonds. The third-order valence-corrected chi connectivity index (χ3v) is 6.02. The zero-order chi connectivity index (χ0) is 23.7. The summed E-state index contributed by atoms with van der Waals surface area (Å²) < 4.78 is 33.1. The van der Waals surface area contributed by atoms with Crippen molar-refractivity contribution in [1.82, 2.24) is 4.90 Å². The summed E-state index contributed by atoms with van der Waals surface area (Å²) in [6.07, 6.45) is 1.91. The van der Waals surface area contributed by atoms with Crippen LogP contribution in [-0.4, -0.2) is 36.4 Å². The van der Waals surface area contributed by atoms with E-state index >= 15 is 0 Å². The predicted molar refractivity (Wildman–Crippen MR) is 123 cm³/mol. The highest BCUT2D eigenvalue weighted by molar-refractivity contribution is 6.45. The molecule has 0 N–H and O–H groups in total. The molecule has 1 saturated heterocycles. The van der Waals surface area contributed by atoms with Gasteiger partial charge in [-0.1, -0.05) is 32.9 Å². The number of likely N-dealkylation sites (tertiary alicyclic amines) is 1. The maximum absolute atomic E-state index is 13.9. The number of nitrogens with zero attached hydrogens (tertiary/aromatic N) is 2. The molecular weight excluding hydrogens is 426 g/mol. The molecule has 174 valence electrons. The molecule has 2 aromatic rings. The third-order valence-electron chi connectivity index (χ3n) is 6.02. The molecule has 2 aromatic carbocycles. The second kappa shape index (κ2) is 9.33. The Hall–Kier alpha value is -3.22. The first-order valence-electron chi connectivity index (χ1n) is 11.4. The van der Waals surface area contributed by atoms with Crippen molar-refractivity contribution in [3.05, 3.63) is 65.4 Å². The first-order chi connectivity index (χ1) is 15.8. The van der Waals surface area contributed by atoms with Gasteiger partial charge < -0.3 is 9.64 Å². The van der Waals surface area contributed by atoms with Crippen LogP contribution in [0, 0.1) is 23.5 Å². The molecular formula is C26H28F2N2O3. The number of ether oxygens (including phenoxy) is 1. The molecule has 0 bridgehead atoms. The van der Waals surface area contributed by atoms with Gasteiger partial charge in [-0.25, -0.2) is 13.7 Å². The van der Waals surface area contributed by atoms with Gasteiger partial charge >= 0.3 is 0 Å². The lowest BCUT2D eigenvalue weighted by Crippen LogP contribution is -2.42. The Balaban J connectivity index is 1.78. The average Bonchev–Trinajstić information content (AvgIpc) is 3.04. The Morgan fingerprint density at radius 2 is 1.61 bits per heavy atom. The van der Waals surface area contributed by atoms with Crippen LogP contribution in [0.2, 0.25) is 0 Å². The highest BCUT2D eigenvalue weighted by Gasteiger charge is 2.43. The molecule has 2 aliphatic heterocycles. The summed E-state index contributed by atoms with van der Waals surface area (Å²) in [6.45, 7) is 8.13. The van der Waals surface area contributed by atoms with E-state index < -0.39 is 23.4 Å². The quantitative estimate of drug-likeness (QED) is 0.576. The zero-order valence-electron chi connectivity index (χ0n) is 19.1. The number of hydrogen-bond acceptors (Lipinski definition) is 4. The number of benzene rings is 2. The molecule has 0 aromatic heterocycles. The first-order valence-corrected chi connectivity index (χ1v) is 11.4. The number of rotatable bonds is 6. The molecule has 4 rings (SSSR count). The number of carbonyl (C=O) groups is 2. The third kappa shape index (κ3) is 4.49. The van der Waals surface area contributed by atoms with Crippen LogP contribution in [0.1, 0.15) is 39.2 Å². The van der Waals surface area contributed by atoms with Crippen LogP contribution in [0.3, 0.4) is 0 Å². The summed E-state index contributed by atoms with van der Waals surface area (Å²) >= 11 is 0. The molecule has 1 fully saturated rings. The highest BCUT2D eigenvalue weighted by atomic mass is 19.2. The summed E-state index contributed by atoms with van der Waals surface area (Å²) in [6, 6.07) is 10.1. The predicted octanol–water partition coefficient (Wildman–Crippen LogP) is 5.02. The van der Waals surface area contributed by atoms with E-state index in [0.29, 0.717) is 48.5 Å². The normalized spacial score (nSPS) is 21.2. The molecule has 0 radical (unpaired) electrons. The van der Waals surface area contributed by atoms with E-state index in [1.54, 1.807) is 24.3 Å². The largest absolute Gasteiger partial charge is 0.494 e. The lowest BCUT2D eigenvalue weighted by molar-refractivity contribution is -0.120. The Kier molecular flexibility index (Phi) is 6.49. The molecule has 0 spiro atoms. The van der Waals surface area contributed by atoms with Gasteiger partial charge in [0.1, 0.15) is 11.4 Å². The van der Waals surface area contributed by atoms with Crippen LogP contribution < -0.4 is 9.64 Å². The van der Waals surface area contributed by atoms with Crippen LogP contribution in [0.5, 0.6) is 5.75 Å². The molecule has 2 aliphatic rings. The van der Waals surface area contributed by atoms with Gasteiger partial charge in [0, 0.05) is 19.2 Å². The van der Waals surface area contributed by atoms with Gasteiger partial charge in [0.05, 0.1) is 17.9 Å². The van der Waals surface area contributed by atoms with Gasteiger partial charge in [-0.2, -0.15) is 0 Å². The average molecular weight is 455 g/mol. The lowest BCUT2D eigenvalue weighted by atomic mass is 9.91. The van der Waals surface area contributed by atoms with Crippen LogP contribution in [0.25, 0.3) is 5.57 Å². The Morgan fingerprint density at radius 3 is 2.21 bits per heavy atom. The van der Waals surface area contributed by atoms with Crippen molar-refractivity contribution >= 4 is 23.1 Å². The Labute approximate surface area is 192 Å². The van der Waals surface area contributed by atoms with Gasteiger partial charge in [0.15, 0.2) is 11.6 Å². The van der Waals surface area contributed by atoms with Gasteiger partial charge in [0.2, 0.25) is 0 Å². The van der Waals surface area contributed by atoms with Crippen LogP contribution in [0.4, 0.5) is 14.5 Å². The maximum atomic E-state index is 13.9. The molecule has 2 unspecified atom stereocenters. The highest BCUT2D eigenvalue weighted by Crippen LogP contribution is 2.38. The van der Waals surface area contributed by atoms with Crippen molar-refractivity contribution in [2.45, 2.75) is 33.6 Å². The SMILES string of the molecule is CCCOc1ccc(C2=C(N3CC(C)CC(C)C3)C(=O)N(c3ccc(F)c(F)c3)C2=O)cc1. The molecule has 33 heavy (non-hydrogen) atoms. The summed E-state index contributed by atoms with van der Waals surface area (Å²) in [5, 5.41) is 0. The molecule has 2 heterocycles. The van der Waals surface area contributed by atoms with Crippen molar-refractivity contribution in [2.75, 3.05) is 24.6 Å². The van der Waals surface area contributed by atoms with Gasteiger partial charge in [-0.15, -0.1) is 0 Å². The fourth-order valence-corrected chi connectivity index (χ4v) is 4.71. The fraction of sp³-hybridized carbons (Fsp3) is 0.385. The Morgan fingerprint density at radius 1 is 0.939 bits per heavy atom. The van der Waals surface area contributed by atoms with Crippen LogP contribution in [-0.2, 0) is 9.59 Å². The number of carbonyl (C=O) groups excluding carboxylic acids is 2. The lowest BCUT2D eigenvalue weighted by Gasteiger charge is -2.37. The van der Waals surface area contributed by atoms with E-state index in [4.69, 9.17) is 4.74 Å². The second-order valence-electron chi connectivity index (χ2n) is 8.99. The number of halogens is 2. The van der Waals surface area contributed by atoms with E-state index in [-0.39, 0.29) is 11.3 Å². The number of imide groups is 1.